The smallest absolute Gasteiger partial charge is 0.246 e. The van der Waals surface area contributed by atoms with Crippen molar-refractivity contribution in [1.82, 2.24) is 15.2 Å². The molecule has 1 N–H and O–H groups in total. The zero-order valence-electron chi connectivity index (χ0n) is 13.3. The van der Waals surface area contributed by atoms with Crippen molar-refractivity contribution >= 4 is 23.2 Å². The minimum atomic E-state index is -0.753. The highest BCUT2D eigenvalue weighted by Crippen LogP contribution is 2.31. The third-order valence-electron chi connectivity index (χ3n) is 4.46. The molecule has 6 heteroatoms. The molecule has 2 rings (SSSR count). The Bertz CT molecular complexity index is 544. The fraction of sp³-hybridized carbons (Fsp3) is 0.667. The number of thiazole rings is 1. The number of aryl methyl sites for hydroxylation is 2. The summed E-state index contributed by atoms with van der Waals surface area (Å²) in [6.45, 7) is 10.1. The normalized spacial score (nSPS) is 21.6. The van der Waals surface area contributed by atoms with Crippen molar-refractivity contribution in [2.45, 2.75) is 65.6 Å². The minimum absolute atomic E-state index is 0.0243. The van der Waals surface area contributed by atoms with Gasteiger partial charge in [-0.25, -0.2) is 4.98 Å². The van der Waals surface area contributed by atoms with E-state index in [1.165, 1.54) is 0 Å². The van der Waals surface area contributed by atoms with Crippen LogP contribution in [0.15, 0.2) is 0 Å². The third kappa shape index (κ3) is 2.57. The van der Waals surface area contributed by atoms with Crippen molar-refractivity contribution in [2.75, 3.05) is 0 Å². The van der Waals surface area contributed by atoms with E-state index in [9.17, 15) is 9.59 Å². The van der Waals surface area contributed by atoms with Crippen molar-refractivity contribution in [3.8, 4) is 0 Å². The second kappa shape index (κ2) is 5.75. The van der Waals surface area contributed by atoms with Crippen LogP contribution in [0.25, 0.3) is 0 Å². The molecule has 2 amide bonds. The maximum Gasteiger partial charge on any atom is 0.246 e. The number of carbonyl (C=O) groups excluding carboxylic acids is 2. The van der Waals surface area contributed by atoms with Gasteiger partial charge in [0.15, 0.2) is 0 Å². The van der Waals surface area contributed by atoms with Crippen molar-refractivity contribution in [1.29, 1.82) is 0 Å². The predicted molar refractivity (Wildman–Crippen MR) is 83.1 cm³/mol. The quantitative estimate of drug-likeness (QED) is 0.927. The van der Waals surface area contributed by atoms with Crippen LogP contribution in [-0.2, 0) is 16.1 Å². The van der Waals surface area contributed by atoms with E-state index in [-0.39, 0.29) is 11.8 Å². The number of carbonyl (C=O) groups is 2. The minimum Gasteiger partial charge on any atom is -0.343 e. The molecular formula is C15H23N3O2S. The first-order valence-electron chi connectivity index (χ1n) is 7.41. The fourth-order valence-corrected chi connectivity index (χ4v) is 3.81. The molecule has 2 heterocycles. The van der Waals surface area contributed by atoms with Gasteiger partial charge in [-0.2, -0.15) is 0 Å². The molecular weight excluding hydrogens is 286 g/mol. The molecule has 1 fully saturated rings. The summed E-state index contributed by atoms with van der Waals surface area (Å²) in [4.78, 5) is 32.5. The second-order valence-corrected chi connectivity index (χ2v) is 6.90. The lowest BCUT2D eigenvalue weighted by Crippen LogP contribution is -2.69. The first-order valence-corrected chi connectivity index (χ1v) is 8.22. The number of nitrogens with one attached hydrogen (secondary N) is 1. The summed E-state index contributed by atoms with van der Waals surface area (Å²) >= 11 is 1.60. The maximum absolute atomic E-state index is 12.6. The Morgan fingerprint density at radius 1 is 1.29 bits per heavy atom. The van der Waals surface area contributed by atoms with Crippen LogP contribution < -0.4 is 5.32 Å². The zero-order chi connectivity index (χ0) is 15.8. The average molecular weight is 309 g/mol. The van der Waals surface area contributed by atoms with E-state index in [0.717, 1.165) is 15.6 Å². The zero-order valence-corrected chi connectivity index (χ0v) is 14.1. The number of amides is 2. The summed E-state index contributed by atoms with van der Waals surface area (Å²) in [6, 6.07) is -0.467. The molecule has 0 radical (unpaired) electrons. The van der Waals surface area contributed by atoms with E-state index in [1.807, 2.05) is 27.7 Å². The highest BCUT2D eigenvalue weighted by molar-refractivity contribution is 7.11. The molecule has 0 saturated carbocycles. The molecule has 1 aliphatic heterocycles. The summed E-state index contributed by atoms with van der Waals surface area (Å²) in [6.07, 6.45) is 1.22. The number of nitrogens with zero attached hydrogens (tertiary/aromatic N) is 2. The monoisotopic (exact) mass is 309 g/mol. The molecule has 116 valence electrons. The molecule has 21 heavy (non-hydrogen) atoms. The lowest BCUT2D eigenvalue weighted by atomic mass is 9.86. The number of aromatic nitrogens is 1. The van der Waals surface area contributed by atoms with Crippen molar-refractivity contribution in [2.24, 2.45) is 0 Å². The molecule has 5 nitrogen and oxygen atoms in total. The second-order valence-electron chi connectivity index (χ2n) is 5.61. The summed E-state index contributed by atoms with van der Waals surface area (Å²) in [5.41, 5.74) is 0.243. The molecule has 1 unspecified atom stereocenters. The van der Waals surface area contributed by atoms with E-state index in [4.69, 9.17) is 0 Å². The molecule has 1 aromatic heterocycles. The van der Waals surface area contributed by atoms with E-state index >= 15 is 0 Å². The van der Waals surface area contributed by atoms with Crippen LogP contribution in [0.5, 0.6) is 0 Å². The number of hydrogen-bond acceptors (Lipinski definition) is 4. The van der Waals surface area contributed by atoms with Gasteiger partial charge in [-0.3, -0.25) is 9.59 Å². The van der Waals surface area contributed by atoms with Gasteiger partial charge in [0.05, 0.1) is 12.2 Å². The van der Waals surface area contributed by atoms with Gasteiger partial charge in [0.2, 0.25) is 11.8 Å². The Morgan fingerprint density at radius 3 is 2.38 bits per heavy atom. The molecule has 1 saturated heterocycles. The lowest BCUT2D eigenvalue weighted by molar-refractivity contribution is -0.158. The maximum atomic E-state index is 12.6. The first-order chi connectivity index (χ1) is 9.85. The molecule has 1 aliphatic rings. The van der Waals surface area contributed by atoms with Crippen LogP contribution in [0.4, 0.5) is 0 Å². The Kier molecular flexibility index (Phi) is 4.37. The van der Waals surface area contributed by atoms with E-state index in [1.54, 1.807) is 23.2 Å². The van der Waals surface area contributed by atoms with Crippen molar-refractivity contribution in [3.05, 3.63) is 15.6 Å². The summed E-state index contributed by atoms with van der Waals surface area (Å²) < 4.78 is 0. The third-order valence-corrected chi connectivity index (χ3v) is 5.52. The van der Waals surface area contributed by atoms with E-state index in [0.29, 0.717) is 19.4 Å². The molecule has 1 aromatic rings. The molecule has 0 bridgehead atoms. The Hall–Kier alpha value is -1.43. The Labute approximate surface area is 129 Å². The van der Waals surface area contributed by atoms with Gasteiger partial charge in [0.25, 0.3) is 0 Å². The van der Waals surface area contributed by atoms with Crippen LogP contribution in [0.2, 0.25) is 0 Å². The van der Waals surface area contributed by atoms with E-state index < -0.39 is 11.6 Å². The largest absolute Gasteiger partial charge is 0.343 e. The van der Waals surface area contributed by atoms with Gasteiger partial charge < -0.3 is 10.2 Å². The van der Waals surface area contributed by atoms with Crippen molar-refractivity contribution in [3.63, 3.8) is 0 Å². The molecule has 1 atom stereocenters. The Balaban J connectivity index is 2.38. The highest BCUT2D eigenvalue weighted by Gasteiger charge is 2.49. The van der Waals surface area contributed by atoms with Gasteiger partial charge in [-0.1, -0.05) is 13.8 Å². The SMILES string of the molecule is CCC1(CC)C(=O)NC(C)C(=O)N1Cc1nc(C)c(C)s1. The predicted octanol–water partition coefficient (Wildman–Crippen LogP) is 2.17. The van der Waals surface area contributed by atoms with Crippen molar-refractivity contribution < 1.29 is 9.59 Å². The fourth-order valence-electron chi connectivity index (χ4n) is 2.88. The van der Waals surface area contributed by atoms with Crippen LogP contribution in [0, 0.1) is 13.8 Å². The molecule has 0 aliphatic carbocycles. The summed E-state index contributed by atoms with van der Waals surface area (Å²) in [7, 11) is 0. The van der Waals surface area contributed by atoms with E-state index in [2.05, 4.69) is 10.3 Å². The summed E-state index contributed by atoms with van der Waals surface area (Å²) in [5, 5.41) is 3.70. The Morgan fingerprint density at radius 2 is 1.90 bits per heavy atom. The van der Waals surface area contributed by atoms with Gasteiger partial charge in [-0.15, -0.1) is 11.3 Å². The first kappa shape index (κ1) is 15.9. The van der Waals surface area contributed by atoms with Crippen LogP contribution in [0.1, 0.15) is 49.2 Å². The van der Waals surface area contributed by atoms with Gasteiger partial charge in [-0.05, 0) is 33.6 Å². The number of hydrogen-bond donors (Lipinski definition) is 1. The number of piperazine rings is 1. The molecule has 0 aromatic carbocycles. The van der Waals surface area contributed by atoms with Gasteiger partial charge in [0.1, 0.15) is 16.6 Å². The summed E-state index contributed by atoms with van der Waals surface area (Å²) in [5.74, 6) is -0.0755. The van der Waals surface area contributed by atoms with Crippen LogP contribution in [-0.4, -0.2) is 33.3 Å². The topological polar surface area (TPSA) is 62.3 Å². The average Bonchev–Trinajstić information content (AvgIpc) is 2.76. The van der Waals surface area contributed by atoms with Gasteiger partial charge in [0, 0.05) is 4.88 Å². The van der Waals surface area contributed by atoms with Gasteiger partial charge >= 0.3 is 0 Å². The molecule has 0 spiro atoms. The number of rotatable bonds is 4. The standard InChI is InChI=1S/C15H23N3O2S/c1-6-15(7-2)14(20)17-10(4)13(19)18(15)8-12-16-9(3)11(5)21-12/h10H,6-8H2,1-5H3,(H,17,20). The lowest BCUT2D eigenvalue weighted by Gasteiger charge is -2.46. The van der Waals surface area contributed by atoms with Crippen LogP contribution >= 0.6 is 11.3 Å². The highest BCUT2D eigenvalue weighted by atomic mass is 32.1. The van der Waals surface area contributed by atoms with Crippen LogP contribution in [0.3, 0.4) is 0 Å².